The smallest absolute Gasteiger partial charge is 0.195 e. The first-order valence-electron chi connectivity index (χ1n) is 6.01. The zero-order chi connectivity index (χ0) is 11.8. The van der Waals surface area contributed by atoms with Gasteiger partial charge in [-0.25, -0.2) is 0 Å². The number of aromatic amines is 1. The van der Waals surface area contributed by atoms with Gasteiger partial charge in [-0.15, -0.1) is 0 Å². The van der Waals surface area contributed by atoms with Crippen molar-refractivity contribution in [3.8, 4) is 0 Å². The van der Waals surface area contributed by atoms with Crippen molar-refractivity contribution in [1.82, 2.24) is 14.8 Å². The van der Waals surface area contributed by atoms with Crippen LogP contribution >= 0.6 is 12.2 Å². The molecule has 0 atom stereocenters. The van der Waals surface area contributed by atoms with Crippen LogP contribution in [0.15, 0.2) is 0 Å². The van der Waals surface area contributed by atoms with E-state index in [0.29, 0.717) is 11.4 Å². The van der Waals surface area contributed by atoms with E-state index in [9.17, 15) is 0 Å². The second kappa shape index (κ2) is 7.57. The van der Waals surface area contributed by atoms with Crippen molar-refractivity contribution >= 4 is 12.2 Å². The van der Waals surface area contributed by atoms with Gasteiger partial charge < -0.3 is 9.30 Å². The third-order valence-electron chi connectivity index (χ3n) is 2.41. The molecule has 0 saturated carbocycles. The molecule has 0 unspecified atom stereocenters. The third kappa shape index (κ3) is 4.06. The van der Waals surface area contributed by atoms with Crippen molar-refractivity contribution in [2.24, 2.45) is 0 Å². The van der Waals surface area contributed by atoms with Crippen molar-refractivity contribution < 1.29 is 4.74 Å². The Hall–Kier alpha value is -0.680. The number of ether oxygens (including phenoxy) is 1. The van der Waals surface area contributed by atoms with Crippen LogP contribution in [-0.4, -0.2) is 28.0 Å². The fourth-order valence-electron chi connectivity index (χ4n) is 1.50. The lowest BCUT2D eigenvalue weighted by Crippen LogP contribution is -2.10. The lowest BCUT2D eigenvalue weighted by molar-refractivity contribution is 0.122. The molecule has 1 rings (SSSR count). The lowest BCUT2D eigenvalue weighted by Gasteiger charge is -2.06. The van der Waals surface area contributed by atoms with E-state index in [1.54, 1.807) is 0 Å². The molecule has 0 bridgehead atoms. The average Bonchev–Trinajstić information content (AvgIpc) is 2.61. The highest BCUT2D eigenvalue weighted by Crippen LogP contribution is 2.01. The molecule has 4 nitrogen and oxygen atoms in total. The van der Waals surface area contributed by atoms with E-state index in [1.807, 2.05) is 4.57 Å². The molecule has 0 aliphatic carbocycles. The van der Waals surface area contributed by atoms with E-state index in [-0.39, 0.29) is 0 Å². The van der Waals surface area contributed by atoms with Crippen molar-refractivity contribution in [2.45, 2.75) is 46.1 Å². The first-order chi connectivity index (χ1) is 7.79. The summed E-state index contributed by atoms with van der Waals surface area (Å²) in [4.78, 5) is 0. The van der Waals surface area contributed by atoms with Crippen LogP contribution in [0.25, 0.3) is 0 Å². The predicted octanol–water partition coefficient (Wildman–Crippen LogP) is 2.71. The van der Waals surface area contributed by atoms with Gasteiger partial charge in [0.2, 0.25) is 0 Å². The summed E-state index contributed by atoms with van der Waals surface area (Å²) >= 11 is 5.18. The van der Waals surface area contributed by atoms with Crippen molar-refractivity contribution in [1.29, 1.82) is 0 Å². The Kier molecular flexibility index (Phi) is 6.33. The Morgan fingerprint density at radius 2 is 2.12 bits per heavy atom. The number of aromatic nitrogens is 3. The second-order valence-electron chi connectivity index (χ2n) is 3.81. The fourth-order valence-corrected chi connectivity index (χ4v) is 1.74. The van der Waals surface area contributed by atoms with Crippen molar-refractivity contribution in [3.05, 3.63) is 10.6 Å². The third-order valence-corrected chi connectivity index (χ3v) is 2.72. The van der Waals surface area contributed by atoms with Gasteiger partial charge in [-0.05, 0) is 25.1 Å². The van der Waals surface area contributed by atoms with Gasteiger partial charge in [0.25, 0.3) is 0 Å². The predicted molar refractivity (Wildman–Crippen MR) is 67.1 cm³/mol. The highest BCUT2D eigenvalue weighted by Gasteiger charge is 2.04. The number of hydrogen-bond acceptors (Lipinski definition) is 3. The molecule has 0 amide bonds. The minimum atomic E-state index is 0.697. The molecule has 0 fully saturated rings. The van der Waals surface area contributed by atoms with E-state index < -0.39 is 0 Å². The SMILES string of the molecule is CCCCOCCn1c(CCC)n[nH]c1=S. The summed E-state index contributed by atoms with van der Waals surface area (Å²) in [5, 5.41) is 7.05. The molecule has 1 aromatic heterocycles. The highest BCUT2D eigenvalue weighted by molar-refractivity contribution is 7.71. The first-order valence-corrected chi connectivity index (χ1v) is 6.42. The Labute approximate surface area is 102 Å². The van der Waals surface area contributed by atoms with Crippen LogP contribution in [0.5, 0.6) is 0 Å². The van der Waals surface area contributed by atoms with Gasteiger partial charge >= 0.3 is 0 Å². The summed E-state index contributed by atoms with van der Waals surface area (Å²) in [6, 6.07) is 0. The molecule has 0 aliphatic rings. The maximum atomic E-state index is 5.53. The van der Waals surface area contributed by atoms with Gasteiger partial charge in [-0.2, -0.15) is 5.10 Å². The van der Waals surface area contributed by atoms with Crippen LogP contribution < -0.4 is 0 Å². The number of nitrogens with zero attached hydrogens (tertiary/aromatic N) is 2. The normalized spacial score (nSPS) is 10.9. The molecule has 0 radical (unpaired) electrons. The van der Waals surface area contributed by atoms with Gasteiger partial charge in [0.05, 0.1) is 6.61 Å². The van der Waals surface area contributed by atoms with Crippen LogP contribution in [-0.2, 0) is 17.7 Å². The number of hydrogen-bond donors (Lipinski definition) is 1. The van der Waals surface area contributed by atoms with Crippen LogP contribution in [0.3, 0.4) is 0 Å². The lowest BCUT2D eigenvalue weighted by atomic mass is 10.3. The molecule has 1 heterocycles. The topological polar surface area (TPSA) is 42.8 Å². The molecule has 0 aliphatic heterocycles. The molecule has 0 saturated heterocycles. The molecule has 5 heteroatoms. The number of rotatable bonds is 8. The van der Waals surface area contributed by atoms with Crippen molar-refractivity contribution in [2.75, 3.05) is 13.2 Å². The number of H-pyrrole nitrogens is 1. The molecular weight excluding hydrogens is 222 g/mol. The Balaban J connectivity index is 2.40. The summed E-state index contributed by atoms with van der Waals surface area (Å²) in [5.74, 6) is 1.03. The molecule has 1 aromatic rings. The molecule has 16 heavy (non-hydrogen) atoms. The standard InChI is InChI=1S/C11H21N3OS/c1-3-5-8-15-9-7-14-10(6-4-2)12-13-11(14)16/h3-9H2,1-2H3,(H,13,16). The van der Waals surface area contributed by atoms with Crippen LogP contribution in [0.4, 0.5) is 0 Å². The Morgan fingerprint density at radius 3 is 2.81 bits per heavy atom. The number of nitrogens with one attached hydrogen (secondary N) is 1. The van der Waals surface area contributed by atoms with Crippen molar-refractivity contribution in [3.63, 3.8) is 0 Å². The summed E-state index contributed by atoms with van der Waals surface area (Å²) in [6.45, 7) is 6.65. The van der Waals surface area contributed by atoms with Gasteiger partial charge in [0.1, 0.15) is 5.82 Å². The summed E-state index contributed by atoms with van der Waals surface area (Å²) in [6.07, 6.45) is 4.34. The zero-order valence-corrected chi connectivity index (χ0v) is 11.0. The molecule has 1 N–H and O–H groups in total. The van der Waals surface area contributed by atoms with E-state index in [2.05, 4.69) is 24.0 Å². The molecule has 0 spiro atoms. The van der Waals surface area contributed by atoms with Crippen LogP contribution in [0.1, 0.15) is 38.9 Å². The molecule has 92 valence electrons. The summed E-state index contributed by atoms with van der Waals surface area (Å²) < 4.78 is 8.26. The average molecular weight is 243 g/mol. The number of aryl methyl sites for hydroxylation is 1. The quantitative estimate of drug-likeness (QED) is 0.564. The maximum absolute atomic E-state index is 5.53. The second-order valence-corrected chi connectivity index (χ2v) is 4.20. The zero-order valence-electron chi connectivity index (χ0n) is 10.2. The minimum Gasteiger partial charge on any atom is -0.380 e. The minimum absolute atomic E-state index is 0.697. The fraction of sp³-hybridized carbons (Fsp3) is 0.818. The van der Waals surface area contributed by atoms with E-state index in [0.717, 1.165) is 38.2 Å². The van der Waals surface area contributed by atoms with E-state index in [4.69, 9.17) is 17.0 Å². The molecule has 0 aromatic carbocycles. The Bertz CT molecular complexity index is 345. The monoisotopic (exact) mass is 243 g/mol. The van der Waals surface area contributed by atoms with Crippen LogP contribution in [0.2, 0.25) is 0 Å². The van der Waals surface area contributed by atoms with Gasteiger partial charge in [-0.1, -0.05) is 20.3 Å². The Morgan fingerprint density at radius 1 is 1.31 bits per heavy atom. The van der Waals surface area contributed by atoms with Gasteiger partial charge in [-0.3, -0.25) is 5.10 Å². The first kappa shape index (κ1) is 13.4. The van der Waals surface area contributed by atoms with E-state index >= 15 is 0 Å². The summed E-state index contributed by atoms with van der Waals surface area (Å²) in [5.41, 5.74) is 0. The maximum Gasteiger partial charge on any atom is 0.195 e. The van der Waals surface area contributed by atoms with E-state index in [1.165, 1.54) is 6.42 Å². The van der Waals surface area contributed by atoms with Crippen LogP contribution in [0, 0.1) is 4.77 Å². The van der Waals surface area contributed by atoms with Gasteiger partial charge in [0.15, 0.2) is 4.77 Å². The van der Waals surface area contributed by atoms with Gasteiger partial charge in [0, 0.05) is 19.6 Å². The summed E-state index contributed by atoms with van der Waals surface area (Å²) in [7, 11) is 0. The largest absolute Gasteiger partial charge is 0.380 e. The molecular formula is C11H21N3OS. The highest BCUT2D eigenvalue weighted by atomic mass is 32.1. The number of unbranched alkanes of at least 4 members (excludes halogenated alkanes) is 1.